The second-order valence-electron chi connectivity index (χ2n) is 5.64. The van der Waals surface area contributed by atoms with Crippen LogP contribution in [-0.4, -0.2) is 35.2 Å². The first-order chi connectivity index (χ1) is 11.6. The molecular weight excluding hydrogens is 344 g/mol. The maximum absolute atomic E-state index is 10.7. The summed E-state index contributed by atoms with van der Waals surface area (Å²) >= 11 is 0. The van der Waals surface area contributed by atoms with E-state index in [0.717, 1.165) is 48.4 Å². The predicted molar refractivity (Wildman–Crippen MR) is 98.4 cm³/mol. The standard InChI is InChI=1S/2C9H9NO2.ClH/c2*11-9(12)7-3-1-2-6-4-5-10-8(6)7;/h2*1-3,10H,4-5H2,(H,11,12);1H. The second kappa shape index (κ2) is 7.90. The summed E-state index contributed by atoms with van der Waals surface area (Å²) in [4.78, 5) is 21.4. The first kappa shape index (κ1) is 18.6. The Balaban J connectivity index is 0.000000173. The van der Waals surface area contributed by atoms with E-state index in [1.807, 2.05) is 12.1 Å². The highest BCUT2D eigenvalue weighted by Gasteiger charge is 2.17. The zero-order valence-electron chi connectivity index (χ0n) is 13.4. The van der Waals surface area contributed by atoms with Gasteiger partial charge < -0.3 is 20.8 Å². The number of benzene rings is 2. The first-order valence-electron chi connectivity index (χ1n) is 7.76. The molecule has 2 aromatic rings. The Morgan fingerprint density at radius 2 is 1.16 bits per heavy atom. The van der Waals surface area contributed by atoms with E-state index in [4.69, 9.17) is 10.2 Å². The number of nitrogens with one attached hydrogen (secondary N) is 2. The minimum absolute atomic E-state index is 0. The molecule has 0 fully saturated rings. The van der Waals surface area contributed by atoms with Crippen molar-refractivity contribution in [3.05, 3.63) is 58.7 Å². The molecular formula is C18H19ClN2O4. The molecule has 2 aromatic carbocycles. The zero-order valence-corrected chi connectivity index (χ0v) is 14.2. The average molecular weight is 363 g/mol. The number of anilines is 2. The van der Waals surface area contributed by atoms with Crippen LogP contribution < -0.4 is 10.6 Å². The lowest BCUT2D eigenvalue weighted by atomic mass is 10.1. The molecule has 0 bridgehead atoms. The Hall–Kier alpha value is -2.73. The molecule has 0 atom stereocenters. The minimum Gasteiger partial charge on any atom is -0.478 e. The zero-order chi connectivity index (χ0) is 17.1. The van der Waals surface area contributed by atoms with Crippen LogP contribution in [0.25, 0.3) is 0 Å². The molecule has 132 valence electrons. The molecule has 0 aliphatic carbocycles. The number of rotatable bonds is 2. The van der Waals surface area contributed by atoms with Gasteiger partial charge in [0.05, 0.1) is 22.5 Å². The molecule has 0 saturated heterocycles. The lowest BCUT2D eigenvalue weighted by Crippen LogP contribution is -2.01. The normalized spacial score (nSPS) is 13.1. The molecule has 2 aliphatic rings. The maximum Gasteiger partial charge on any atom is 0.337 e. The fraction of sp³-hybridized carbons (Fsp3) is 0.222. The molecule has 6 nitrogen and oxygen atoms in total. The van der Waals surface area contributed by atoms with Crippen LogP contribution in [0.1, 0.15) is 31.8 Å². The number of halogens is 1. The Labute approximate surface area is 151 Å². The third-order valence-corrected chi connectivity index (χ3v) is 4.15. The Bertz CT molecular complexity index is 740. The molecule has 0 amide bonds. The second-order valence-corrected chi connectivity index (χ2v) is 5.64. The summed E-state index contributed by atoms with van der Waals surface area (Å²) in [6.07, 6.45) is 1.85. The van der Waals surface area contributed by atoms with E-state index in [1.54, 1.807) is 24.3 Å². The average Bonchev–Trinajstić information content (AvgIpc) is 3.23. The first-order valence-corrected chi connectivity index (χ1v) is 7.76. The highest BCUT2D eigenvalue weighted by molar-refractivity contribution is 5.96. The summed E-state index contributed by atoms with van der Waals surface area (Å²) < 4.78 is 0. The molecule has 25 heavy (non-hydrogen) atoms. The van der Waals surface area contributed by atoms with E-state index >= 15 is 0 Å². The topological polar surface area (TPSA) is 98.7 Å². The minimum atomic E-state index is -0.860. The van der Waals surface area contributed by atoms with E-state index < -0.39 is 11.9 Å². The SMILES string of the molecule is Cl.O=C(O)c1cccc2c1NCC2.O=C(O)c1cccc2c1NCC2. The van der Waals surface area contributed by atoms with Crippen molar-refractivity contribution in [2.75, 3.05) is 23.7 Å². The van der Waals surface area contributed by atoms with Crippen LogP contribution in [0.4, 0.5) is 11.4 Å². The summed E-state index contributed by atoms with van der Waals surface area (Å²) in [7, 11) is 0. The number of hydrogen-bond donors (Lipinski definition) is 4. The van der Waals surface area contributed by atoms with Crippen LogP contribution in [0.5, 0.6) is 0 Å². The van der Waals surface area contributed by atoms with Gasteiger partial charge in [0.25, 0.3) is 0 Å². The molecule has 0 radical (unpaired) electrons. The summed E-state index contributed by atoms with van der Waals surface area (Å²) in [5.74, 6) is -1.72. The number of carboxylic acids is 2. The largest absolute Gasteiger partial charge is 0.478 e. The van der Waals surface area contributed by atoms with Gasteiger partial charge in [0.15, 0.2) is 0 Å². The molecule has 0 saturated carbocycles. The van der Waals surface area contributed by atoms with Crippen molar-refractivity contribution in [2.24, 2.45) is 0 Å². The Kier molecular flexibility index (Phi) is 5.88. The van der Waals surface area contributed by atoms with Crippen LogP contribution in [-0.2, 0) is 12.8 Å². The van der Waals surface area contributed by atoms with Gasteiger partial charge in [0.1, 0.15) is 0 Å². The van der Waals surface area contributed by atoms with Crippen molar-refractivity contribution in [1.29, 1.82) is 0 Å². The summed E-state index contributed by atoms with van der Waals surface area (Å²) in [6.45, 7) is 1.69. The van der Waals surface area contributed by atoms with Gasteiger partial charge in [0.2, 0.25) is 0 Å². The van der Waals surface area contributed by atoms with Crippen molar-refractivity contribution in [2.45, 2.75) is 12.8 Å². The lowest BCUT2D eigenvalue weighted by Gasteiger charge is -2.02. The molecule has 7 heteroatoms. The smallest absolute Gasteiger partial charge is 0.337 e. The van der Waals surface area contributed by atoms with Crippen LogP contribution in [0, 0.1) is 0 Å². The summed E-state index contributed by atoms with van der Waals surface area (Å²) in [5, 5.41) is 23.8. The number of aromatic carboxylic acids is 2. The van der Waals surface area contributed by atoms with Crippen LogP contribution in [0.15, 0.2) is 36.4 Å². The molecule has 4 N–H and O–H groups in total. The van der Waals surface area contributed by atoms with Crippen molar-refractivity contribution in [3.63, 3.8) is 0 Å². The van der Waals surface area contributed by atoms with Gasteiger partial charge in [-0.25, -0.2) is 9.59 Å². The van der Waals surface area contributed by atoms with Gasteiger partial charge in [0, 0.05) is 13.1 Å². The molecule has 2 heterocycles. The van der Waals surface area contributed by atoms with E-state index in [0.29, 0.717) is 11.1 Å². The predicted octanol–water partition coefficient (Wildman–Crippen LogP) is 3.13. The van der Waals surface area contributed by atoms with E-state index in [-0.39, 0.29) is 12.4 Å². The summed E-state index contributed by atoms with van der Waals surface area (Å²) in [5.41, 5.74) is 4.56. The monoisotopic (exact) mass is 362 g/mol. The quantitative estimate of drug-likeness (QED) is 0.655. The number of fused-ring (bicyclic) bond motifs is 2. The van der Waals surface area contributed by atoms with Gasteiger partial charge >= 0.3 is 11.9 Å². The number of para-hydroxylation sites is 2. The molecule has 0 aromatic heterocycles. The Morgan fingerprint density at radius 1 is 0.760 bits per heavy atom. The van der Waals surface area contributed by atoms with Crippen LogP contribution >= 0.6 is 12.4 Å². The van der Waals surface area contributed by atoms with E-state index in [1.165, 1.54) is 0 Å². The maximum atomic E-state index is 10.7. The van der Waals surface area contributed by atoms with Crippen LogP contribution in [0.3, 0.4) is 0 Å². The molecule has 0 spiro atoms. The van der Waals surface area contributed by atoms with Crippen molar-refractivity contribution in [1.82, 2.24) is 0 Å². The number of carboxylic acid groups (broad SMARTS) is 2. The van der Waals surface area contributed by atoms with Gasteiger partial charge in [-0.05, 0) is 36.1 Å². The highest BCUT2D eigenvalue weighted by Crippen LogP contribution is 2.26. The fourth-order valence-corrected chi connectivity index (χ4v) is 3.04. The lowest BCUT2D eigenvalue weighted by molar-refractivity contribution is 0.0687. The third-order valence-electron chi connectivity index (χ3n) is 4.15. The van der Waals surface area contributed by atoms with E-state index in [9.17, 15) is 9.59 Å². The van der Waals surface area contributed by atoms with Crippen molar-refractivity contribution >= 4 is 35.7 Å². The van der Waals surface area contributed by atoms with Crippen molar-refractivity contribution in [3.8, 4) is 0 Å². The fourth-order valence-electron chi connectivity index (χ4n) is 3.04. The number of carbonyl (C=O) groups is 2. The summed E-state index contributed by atoms with van der Waals surface area (Å²) in [6, 6.07) is 10.7. The molecule has 2 aliphatic heterocycles. The van der Waals surface area contributed by atoms with Gasteiger partial charge in [-0.15, -0.1) is 12.4 Å². The highest BCUT2D eigenvalue weighted by atomic mass is 35.5. The van der Waals surface area contributed by atoms with Crippen molar-refractivity contribution < 1.29 is 19.8 Å². The van der Waals surface area contributed by atoms with Gasteiger partial charge in [-0.1, -0.05) is 24.3 Å². The van der Waals surface area contributed by atoms with E-state index in [2.05, 4.69) is 10.6 Å². The van der Waals surface area contributed by atoms with Gasteiger partial charge in [-0.2, -0.15) is 0 Å². The molecule has 0 unspecified atom stereocenters. The molecule has 4 rings (SSSR count). The van der Waals surface area contributed by atoms with Gasteiger partial charge in [-0.3, -0.25) is 0 Å². The number of hydrogen-bond acceptors (Lipinski definition) is 4. The van der Waals surface area contributed by atoms with Crippen LogP contribution in [0.2, 0.25) is 0 Å². The Morgan fingerprint density at radius 3 is 1.52 bits per heavy atom. The third kappa shape index (κ3) is 3.85.